The first kappa shape index (κ1) is 15.0. The third kappa shape index (κ3) is 3.52. The van der Waals surface area contributed by atoms with Crippen LogP contribution in [0, 0.1) is 0 Å². The average molecular weight is 319 g/mol. The summed E-state index contributed by atoms with van der Waals surface area (Å²) in [4.78, 5) is 2.48. The van der Waals surface area contributed by atoms with Crippen molar-refractivity contribution < 1.29 is 9.47 Å². The maximum atomic E-state index is 5.42. The number of allylic oxidation sites excluding steroid dienone is 1. The van der Waals surface area contributed by atoms with E-state index in [0.29, 0.717) is 6.79 Å². The van der Waals surface area contributed by atoms with Crippen molar-refractivity contribution in [2.45, 2.75) is 13.0 Å². The number of hydrogen-bond acceptors (Lipinski definition) is 3. The molecule has 0 fully saturated rings. The molecule has 0 N–H and O–H groups in total. The molecule has 4 rings (SSSR count). The molecule has 0 saturated carbocycles. The minimum absolute atomic E-state index is 0.324. The highest BCUT2D eigenvalue weighted by Crippen LogP contribution is 2.33. The second-order valence-electron chi connectivity index (χ2n) is 6.20. The molecule has 122 valence electrons. The first-order valence-electron chi connectivity index (χ1n) is 8.40. The van der Waals surface area contributed by atoms with Crippen LogP contribution in [-0.2, 0) is 6.54 Å². The van der Waals surface area contributed by atoms with Gasteiger partial charge in [0.25, 0.3) is 0 Å². The van der Waals surface area contributed by atoms with Gasteiger partial charge < -0.3 is 9.47 Å². The van der Waals surface area contributed by atoms with Gasteiger partial charge in [0.15, 0.2) is 11.5 Å². The van der Waals surface area contributed by atoms with Crippen molar-refractivity contribution in [2.24, 2.45) is 0 Å². The maximum absolute atomic E-state index is 5.42. The molecule has 3 nitrogen and oxygen atoms in total. The van der Waals surface area contributed by atoms with Gasteiger partial charge in [-0.25, -0.2) is 0 Å². The molecule has 0 aliphatic carbocycles. The van der Waals surface area contributed by atoms with Crippen LogP contribution in [0.5, 0.6) is 11.5 Å². The van der Waals surface area contributed by atoms with E-state index in [0.717, 1.165) is 43.1 Å². The second kappa shape index (κ2) is 6.93. The van der Waals surface area contributed by atoms with Gasteiger partial charge in [0.05, 0.1) is 0 Å². The third-order valence-electron chi connectivity index (χ3n) is 4.46. The van der Waals surface area contributed by atoms with E-state index in [2.05, 4.69) is 59.5 Å². The molecular weight excluding hydrogens is 298 g/mol. The van der Waals surface area contributed by atoms with Crippen LogP contribution >= 0.6 is 0 Å². The summed E-state index contributed by atoms with van der Waals surface area (Å²) in [5.74, 6) is 1.67. The van der Waals surface area contributed by atoms with Crippen LogP contribution < -0.4 is 9.47 Å². The van der Waals surface area contributed by atoms with Gasteiger partial charge >= 0.3 is 0 Å². The molecule has 0 spiro atoms. The molecule has 2 aliphatic rings. The summed E-state index contributed by atoms with van der Waals surface area (Å²) in [6.45, 7) is 3.46. The van der Waals surface area contributed by atoms with Crippen LogP contribution in [0.4, 0.5) is 0 Å². The van der Waals surface area contributed by atoms with Crippen molar-refractivity contribution >= 4 is 6.08 Å². The first-order chi connectivity index (χ1) is 11.9. The standard InChI is InChI=1S/C21H21NO2/c1-2-4-19(5-3-1)15-22-12-10-17(11-13-22)6-7-18-8-9-20-21(14-18)24-16-23-20/h1-10,14H,11-13,15-16H2/b7-6+. The van der Waals surface area contributed by atoms with Crippen LogP contribution in [0.3, 0.4) is 0 Å². The Labute approximate surface area is 142 Å². The smallest absolute Gasteiger partial charge is 0.231 e. The van der Waals surface area contributed by atoms with E-state index < -0.39 is 0 Å². The van der Waals surface area contributed by atoms with Crippen molar-refractivity contribution in [3.05, 3.63) is 77.4 Å². The molecule has 2 aliphatic heterocycles. The number of rotatable bonds is 4. The molecule has 0 bridgehead atoms. The van der Waals surface area contributed by atoms with Crippen molar-refractivity contribution in [1.82, 2.24) is 4.90 Å². The number of hydrogen-bond donors (Lipinski definition) is 0. The zero-order valence-electron chi connectivity index (χ0n) is 13.7. The Morgan fingerprint density at radius 2 is 1.83 bits per heavy atom. The predicted octanol–water partition coefficient (Wildman–Crippen LogP) is 4.26. The Morgan fingerprint density at radius 1 is 0.958 bits per heavy atom. The molecule has 24 heavy (non-hydrogen) atoms. The topological polar surface area (TPSA) is 21.7 Å². The normalized spacial score (nSPS) is 17.2. The third-order valence-corrected chi connectivity index (χ3v) is 4.46. The molecule has 0 atom stereocenters. The minimum atomic E-state index is 0.324. The Morgan fingerprint density at radius 3 is 2.67 bits per heavy atom. The summed E-state index contributed by atoms with van der Waals surface area (Å²) >= 11 is 0. The molecule has 0 saturated heterocycles. The summed E-state index contributed by atoms with van der Waals surface area (Å²) in [5, 5.41) is 0. The number of benzene rings is 2. The summed E-state index contributed by atoms with van der Waals surface area (Å²) in [6, 6.07) is 16.7. The molecule has 0 unspecified atom stereocenters. The van der Waals surface area contributed by atoms with E-state index in [1.807, 2.05) is 12.1 Å². The lowest BCUT2D eigenvalue weighted by molar-refractivity contribution is 0.174. The van der Waals surface area contributed by atoms with Crippen LogP contribution in [-0.4, -0.2) is 24.8 Å². The minimum Gasteiger partial charge on any atom is -0.454 e. The van der Waals surface area contributed by atoms with E-state index in [4.69, 9.17) is 9.47 Å². The lowest BCUT2D eigenvalue weighted by Gasteiger charge is -2.25. The Hall–Kier alpha value is -2.52. The molecule has 3 heteroatoms. The molecule has 2 aromatic carbocycles. The molecular formula is C21H21NO2. The van der Waals surface area contributed by atoms with Gasteiger partial charge in [-0.05, 0) is 35.3 Å². The second-order valence-corrected chi connectivity index (χ2v) is 6.20. The largest absolute Gasteiger partial charge is 0.454 e. The number of nitrogens with zero attached hydrogens (tertiary/aromatic N) is 1. The van der Waals surface area contributed by atoms with Gasteiger partial charge in [-0.15, -0.1) is 0 Å². The zero-order valence-corrected chi connectivity index (χ0v) is 13.7. The summed E-state index contributed by atoms with van der Waals surface area (Å²) in [6.07, 6.45) is 7.79. The van der Waals surface area contributed by atoms with Crippen molar-refractivity contribution in [2.75, 3.05) is 19.9 Å². The molecule has 0 aromatic heterocycles. The van der Waals surface area contributed by atoms with Crippen LogP contribution in [0.2, 0.25) is 0 Å². The fraction of sp³-hybridized carbons (Fsp3) is 0.238. The van der Waals surface area contributed by atoms with Gasteiger partial charge in [0, 0.05) is 19.6 Å². The van der Waals surface area contributed by atoms with E-state index in [1.165, 1.54) is 11.1 Å². The van der Waals surface area contributed by atoms with Gasteiger partial charge in [0.2, 0.25) is 6.79 Å². The van der Waals surface area contributed by atoms with Crippen LogP contribution in [0.15, 0.2) is 66.3 Å². The molecule has 0 amide bonds. The van der Waals surface area contributed by atoms with Crippen molar-refractivity contribution in [3.63, 3.8) is 0 Å². The van der Waals surface area contributed by atoms with Gasteiger partial charge in [-0.3, -0.25) is 4.90 Å². The van der Waals surface area contributed by atoms with Crippen molar-refractivity contribution in [1.29, 1.82) is 0 Å². The van der Waals surface area contributed by atoms with Crippen molar-refractivity contribution in [3.8, 4) is 11.5 Å². The van der Waals surface area contributed by atoms with Crippen LogP contribution in [0.1, 0.15) is 17.5 Å². The Balaban J connectivity index is 1.36. The fourth-order valence-corrected chi connectivity index (χ4v) is 3.08. The lowest BCUT2D eigenvalue weighted by atomic mass is 10.1. The number of ether oxygens (including phenoxy) is 2. The zero-order chi connectivity index (χ0) is 16.2. The molecule has 2 heterocycles. The Bertz CT molecular complexity index is 765. The summed E-state index contributed by atoms with van der Waals surface area (Å²) in [7, 11) is 0. The van der Waals surface area contributed by atoms with E-state index >= 15 is 0 Å². The fourth-order valence-electron chi connectivity index (χ4n) is 3.08. The van der Waals surface area contributed by atoms with Gasteiger partial charge in [-0.1, -0.05) is 54.6 Å². The van der Waals surface area contributed by atoms with Gasteiger partial charge in [-0.2, -0.15) is 0 Å². The highest BCUT2D eigenvalue weighted by Gasteiger charge is 2.13. The monoisotopic (exact) mass is 319 g/mol. The highest BCUT2D eigenvalue weighted by atomic mass is 16.7. The lowest BCUT2D eigenvalue weighted by Crippen LogP contribution is -2.27. The summed E-state index contributed by atoms with van der Waals surface area (Å²) in [5.41, 5.74) is 3.93. The molecule has 2 aromatic rings. The van der Waals surface area contributed by atoms with Gasteiger partial charge in [0.1, 0.15) is 0 Å². The van der Waals surface area contributed by atoms with E-state index in [9.17, 15) is 0 Å². The quantitative estimate of drug-likeness (QED) is 0.840. The summed E-state index contributed by atoms with van der Waals surface area (Å²) < 4.78 is 10.8. The number of fused-ring (bicyclic) bond motifs is 1. The predicted molar refractivity (Wildman–Crippen MR) is 96.0 cm³/mol. The SMILES string of the molecule is C1=C(/C=C/c2ccc3c(c2)OCO3)CCN(Cc2ccccc2)C1. The Kier molecular flexibility index (Phi) is 4.34. The molecule has 0 radical (unpaired) electrons. The average Bonchev–Trinajstić information content (AvgIpc) is 3.10. The highest BCUT2D eigenvalue weighted by molar-refractivity contribution is 5.58. The maximum Gasteiger partial charge on any atom is 0.231 e. The van der Waals surface area contributed by atoms with Crippen LogP contribution in [0.25, 0.3) is 6.08 Å². The first-order valence-corrected chi connectivity index (χ1v) is 8.40. The van der Waals surface area contributed by atoms with E-state index in [-0.39, 0.29) is 0 Å². The van der Waals surface area contributed by atoms with E-state index in [1.54, 1.807) is 0 Å².